The highest BCUT2D eigenvalue weighted by atomic mass is 32.2. The van der Waals surface area contributed by atoms with Gasteiger partial charge in [0.15, 0.2) is 11.0 Å². The molecule has 0 N–H and O–H groups in total. The summed E-state index contributed by atoms with van der Waals surface area (Å²) in [5.41, 5.74) is 2.56. The highest BCUT2D eigenvalue weighted by Gasteiger charge is 2.29. The Hall–Kier alpha value is -1.33. The molecule has 106 valence electrons. The zero-order valence-electron chi connectivity index (χ0n) is 12.4. The third-order valence-electron chi connectivity index (χ3n) is 3.71. The highest BCUT2D eigenvalue weighted by Crippen LogP contribution is 2.32. The van der Waals surface area contributed by atoms with Crippen molar-refractivity contribution >= 4 is 11.8 Å². The summed E-state index contributed by atoms with van der Waals surface area (Å²) in [6.07, 6.45) is 0. The van der Waals surface area contributed by atoms with E-state index in [-0.39, 0.29) is 5.54 Å². The normalized spacial score (nSPS) is 16.2. The van der Waals surface area contributed by atoms with Gasteiger partial charge in [-0.1, -0.05) is 36.0 Å². The molecule has 1 aliphatic rings. The third-order valence-corrected chi connectivity index (χ3v) is 4.71. The summed E-state index contributed by atoms with van der Waals surface area (Å²) in [6.45, 7) is 9.71. The van der Waals surface area contributed by atoms with E-state index in [1.165, 1.54) is 11.1 Å². The molecular formula is C15H20N4S. The first-order valence-electron chi connectivity index (χ1n) is 6.84. The summed E-state index contributed by atoms with van der Waals surface area (Å²) >= 11 is 1.76. The molecule has 1 aromatic carbocycles. The van der Waals surface area contributed by atoms with Crippen LogP contribution in [0.15, 0.2) is 29.4 Å². The van der Waals surface area contributed by atoms with Crippen LogP contribution in [0.25, 0.3) is 11.4 Å². The second kappa shape index (κ2) is 4.90. The van der Waals surface area contributed by atoms with Gasteiger partial charge in [-0.2, -0.15) is 0 Å². The molecule has 0 saturated carbocycles. The van der Waals surface area contributed by atoms with Crippen molar-refractivity contribution in [2.75, 3.05) is 5.88 Å². The van der Waals surface area contributed by atoms with E-state index in [0.29, 0.717) is 0 Å². The maximum absolute atomic E-state index is 4.41. The lowest BCUT2D eigenvalue weighted by Gasteiger charge is -2.38. The average Bonchev–Trinajstić information content (AvgIpc) is 2.81. The summed E-state index contributed by atoms with van der Waals surface area (Å²) in [7, 11) is 0. The molecule has 0 saturated heterocycles. The summed E-state index contributed by atoms with van der Waals surface area (Å²) < 4.78 is 2.22. The van der Waals surface area contributed by atoms with Gasteiger partial charge in [0.05, 0.1) is 12.5 Å². The molecular weight excluding hydrogens is 268 g/mol. The van der Waals surface area contributed by atoms with Crippen LogP contribution in [0, 0.1) is 6.92 Å². The van der Waals surface area contributed by atoms with E-state index in [4.69, 9.17) is 0 Å². The number of thioether (sulfide) groups is 1. The molecule has 5 heteroatoms. The number of fused-ring (bicyclic) bond motifs is 1. The molecule has 20 heavy (non-hydrogen) atoms. The number of aryl methyl sites for hydroxylation is 1. The molecule has 0 atom stereocenters. The quantitative estimate of drug-likeness (QED) is 0.805. The second-order valence-corrected chi connectivity index (χ2v) is 7.09. The van der Waals surface area contributed by atoms with Crippen molar-refractivity contribution in [1.82, 2.24) is 19.7 Å². The average molecular weight is 288 g/mol. The highest BCUT2D eigenvalue weighted by molar-refractivity contribution is 7.99. The Morgan fingerprint density at radius 2 is 1.90 bits per heavy atom. The van der Waals surface area contributed by atoms with Crippen LogP contribution < -0.4 is 0 Å². The van der Waals surface area contributed by atoms with Crippen molar-refractivity contribution in [3.63, 3.8) is 0 Å². The Morgan fingerprint density at radius 3 is 2.60 bits per heavy atom. The molecule has 2 heterocycles. The Morgan fingerprint density at radius 1 is 1.15 bits per heavy atom. The molecule has 0 radical (unpaired) electrons. The number of rotatable bonds is 1. The third kappa shape index (κ3) is 2.36. The minimum absolute atomic E-state index is 0.151. The van der Waals surface area contributed by atoms with Crippen molar-refractivity contribution < 1.29 is 0 Å². The van der Waals surface area contributed by atoms with E-state index in [1.54, 1.807) is 11.8 Å². The number of aromatic nitrogens is 3. The topological polar surface area (TPSA) is 34.0 Å². The van der Waals surface area contributed by atoms with Crippen LogP contribution in [0.5, 0.6) is 0 Å². The number of nitrogens with zero attached hydrogens (tertiary/aromatic N) is 4. The van der Waals surface area contributed by atoms with Gasteiger partial charge in [-0.05, 0) is 33.3 Å². The van der Waals surface area contributed by atoms with Gasteiger partial charge < -0.3 is 0 Å². The van der Waals surface area contributed by atoms with E-state index < -0.39 is 0 Å². The minimum Gasteiger partial charge on any atom is -0.288 e. The predicted molar refractivity (Wildman–Crippen MR) is 82.5 cm³/mol. The molecule has 1 aliphatic heterocycles. The van der Waals surface area contributed by atoms with Crippen LogP contribution in [-0.2, 0) is 6.67 Å². The minimum atomic E-state index is 0.151. The molecule has 1 aromatic heterocycles. The van der Waals surface area contributed by atoms with Crippen molar-refractivity contribution in [2.24, 2.45) is 0 Å². The van der Waals surface area contributed by atoms with Gasteiger partial charge in [0, 0.05) is 11.1 Å². The van der Waals surface area contributed by atoms with Gasteiger partial charge in [-0.3, -0.25) is 9.47 Å². The van der Waals surface area contributed by atoms with Crippen molar-refractivity contribution in [3.8, 4) is 11.4 Å². The van der Waals surface area contributed by atoms with Gasteiger partial charge in [0.1, 0.15) is 0 Å². The standard InChI is InChI=1S/C15H20N4S/c1-11-7-5-6-8-12(11)13-16-17-14-19(13)9-18(10-20-14)15(2,3)4/h5-8H,9-10H2,1-4H3. The van der Waals surface area contributed by atoms with Gasteiger partial charge >= 0.3 is 0 Å². The molecule has 3 rings (SSSR count). The van der Waals surface area contributed by atoms with Crippen molar-refractivity contribution in [1.29, 1.82) is 0 Å². The molecule has 0 bridgehead atoms. The molecule has 0 spiro atoms. The first-order chi connectivity index (χ1) is 9.47. The van der Waals surface area contributed by atoms with E-state index >= 15 is 0 Å². The van der Waals surface area contributed by atoms with Gasteiger partial charge in [0.2, 0.25) is 0 Å². The van der Waals surface area contributed by atoms with Crippen LogP contribution >= 0.6 is 11.8 Å². The lowest BCUT2D eigenvalue weighted by Crippen LogP contribution is -2.44. The molecule has 2 aromatic rings. The van der Waals surface area contributed by atoms with Gasteiger partial charge in [0.25, 0.3) is 0 Å². The molecule has 0 aliphatic carbocycles. The van der Waals surface area contributed by atoms with E-state index in [9.17, 15) is 0 Å². The number of hydrogen-bond donors (Lipinski definition) is 0. The van der Waals surface area contributed by atoms with E-state index in [0.717, 1.165) is 23.5 Å². The van der Waals surface area contributed by atoms with Gasteiger partial charge in [-0.25, -0.2) is 0 Å². The Balaban J connectivity index is 2.02. The lowest BCUT2D eigenvalue weighted by molar-refractivity contribution is 0.115. The zero-order chi connectivity index (χ0) is 14.3. The van der Waals surface area contributed by atoms with Crippen molar-refractivity contribution in [3.05, 3.63) is 29.8 Å². The maximum atomic E-state index is 4.41. The van der Waals surface area contributed by atoms with Crippen LogP contribution in [0.3, 0.4) is 0 Å². The van der Waals surface area contributed by atoms with E-state index in [1.807, 2.05) is 0 Å². The molecule has 4 nitrogen and oxygen atoms in total. The Labute approximate surface area is 124 Å². The Bertz CT molecular complexity index is 627. The first-order valence-corrected chi connectivity index (χ1v) is 7.82. The van der Waals surface area contributed by atoms with Crippen LogP contribution in [0.1, 0.15) is 26.3 Å². The Kier molecular flexibility index (Phi) is 3.34. The van der Waals surface area contributed by atoms with Crippen LogP contribution in [-0.4, -0.2) is 31.1 Å². The summed E-state index contributed by atoms with van der Waals surface area (Å²) in [5.74, 6) is 1.94. The second-order valence-electron chi connectivity index (χ2n) is 6.17. The molecule has 0 unspecified atom stereocenters. The molecule has 0 amide bonds. The fraction of sp³-hybridized carbons (Fsp3) is 0.467. The summed E-state index contributed by atoms with van der Waals surface area (Å²) in [5, 5.41) is 9.77. The van der Waals surface area contributed by atoms with Gasteiger partial charge in [-0.15, -0.1) is 10.2 Å². The summed E-state index contributed by atoms with van der Waals surface area (Å²) in [6, 6.07) is 8.35. The maximum Gasteiger partial charge on any atom is 0.193 e. The monoisotopic (exact) mass is 288 g/mol. The molecule has 0 fully saturated rings. The van der Waals surface area contributed by atoms with E-state index in [2.05, 4.69) is 71.6 Å². The van der Waals surface area contributed by atoms with Crippen molar-refractivity contribution in [2.45, 2.75) is 45.1 Å². The zero-order valence-corrected chi connectivity index (χ0v) is 13.2. The number of hydrogen-bond acceptors (Lipinski definition) is 4. The first kappa shape index (κ1) is 13.6. The smallest absolute Gasteiger partial charge is 0.193 e. The lowest BCUT2D eigenvalue weighted by atomic mass is 10.1. The fourth-order valence-corrected chi connectivity index (χ4v) is 3.44. The SMILES string of the molecule is Cc1ccccc1-c1nnc2n1CN(C(C)(C)C)CS2. The summed E-state index contributed by atoms with van der Waals surface area (Å²) in [4.78, 5) is 2.44. The van der Waals surface area contributed by atoms with Crippen LogP contribution in [0.2, 0.25) is 0 Å². The number of benzene rings is 1. The predicted octanol–water partition coefficient (Wildman–Crippen LogP) is 3.37. The fourth-order valence-electron chi connectivity index (χ4n) is 2.30. The van der Waals surface area contributed by atoms with Crippen LogP contribution in [0.4, 0.5) is 0 Å². The largest absolute Gasteiger partial charge is 0.288 e.